The first kappa shape index (κ1) is 26.2. The van der Waals surface area contributed by atoms with Crippen LogP contribution in [0.2, 0.25) is 0 Å². The van der Waals surface area contributed by atoms with Gasteiger partial charge in [0, 0.05) is 5.92 Å². The van der Waals surface area contributed by atoms with Crippen molar-refractivity contribution in [3.8, 4) is 0 Å². The Morgan fingerprint density at radius 2 is 1.11 bits per heavy atom. The van der Waals surface area contributed by atoms with Crippen molar-refractivity contribution in [1.29, 1.82) is 0 Å². The summed E-state index contributed by atoms with van der Waals surface area (Å²) in [6.07, 6.45) is 21.9. The normalized spacial score (nSPS) is 42.2. The topological polar surface area (TPSA) is 96.0 Å². The lowest BCUT2D eigenvalue weighted by Gasteiger charge is -2.36. The number of ether oxygens (including phenoxy) is 3. The third kappa shape index (κ3) is 5.24. The third-order valence-corrected chi connectivity index (χ3v) is 10.9. The van der Waals surface area contributed by atoms with Crippen LogP contribution in [0, 0.1) is 53.3 Å². The van der Waals surface area contributed by atoms with E-state index in [1.807, 2.05) is 0 Å². The highest BCUT2D eigenvalue weighted by atomic mass is 16.6. The van der Waals surface area contributed by atoms with Gasteiger partial charge in [-0.15, -0.1) is 0 Å². The maximum absolute atomic E-state index is 12.5. The highest BCUT2D eigenvalue weighted by molar-refractivity contribution is 6.01. The minimum Gasteiger partial charge on any atom is -0.393 e. The van der Waals surface area contributed by atoms with Crippen LogP contribution in [0.25, 0.3) is 0 Å². The molecule has 2 heterocycles. The first-order valence-electron chi connectivity index (χ1n) is 15.3. The Kier molecular flexibility index (Phi) is 7.75. The average Bonchev–Trinajstić information content (AvgIpc) is 3.40. The number of cyclic esters (lactones) is 4. The Bertz CT molecular complexity index is 909. The van der Waals surface area contributed by atoms with E-state index in [1.165, 1.54) is 57.8 Å². The van der Waals surface area contributed by atoms with Gasteiger partial charge in [0.15, 0.2) is 0 Å². The molecule has 4 atom stereocenters. The first-order chi connectivity index (χ1) is 18.5. The van der Waals surface area contributed by atoms with Crippen LogP contribution in [0.5, 0.6) is 0 Å². The lowest BCUT2D eigenvalue weighted by Crippen LogP contribution is -2.45. The molecule has 0 N–H and O–H groups in total. The Morgan fingerprint density at radius 1 is 0.605 bits per heavy atom. The monoisotopic (exact) mass is 526 g/mol. The Balaban J connectivity index is 0.972. The molecule has 2 saturated heterocycles. The highest BCUT2D eigenvalue weighted by Crippen LogP contribution is 2.50. The van der Waals surface area contributed by atoms with Crippen molar-refractivity contribution >= 4 is 23.9 Å². The number of rotatable bonds is 6. The number of hydrogen-bond acceptors (Lipinski definition) is 7. The second-order valence-corrected chi connectivity index (χ2v) is 13.0. The van der Waals surface area contributed by atoms with Crippen LogP contribution in [0.3, 0.4) is 0 Å². The maximum Gasteiger partial charge on any atom is 0.317 e. The van der Waals surface area contributed by atoms with Crippen LogP contribution < -0.4 is 0 Å². The quantitative estimate of drug-likeness (QED) is 0.268. The number of fused-ring (bicyclic) bond motifs is 2. The third-order valence-electron chi connectivity index (χ3n) is 10.9. The van der Waals surface area contributed by atoms with Crippen molar-refractivity contribution in [3.63, 3.8) is 0 Å². The molecule has 0 spiro atoms. The van der Waals surface area contributed by atoms with Gasteiger partial charge in [-0.25, -0.2) is 0 Å². The van der Waals surface area contributed by atoms with Crippen LogP contribution in [0.4, 0.5) is 0 Å². The predicted molar refractivity (Wildman–Crippen MR) is 137 cm³/mol. The molecule has 0 amide bonds. The second kappa shape index (κ2) is 11.2. The number of allylic oxidation sites excluding steroid dienone is 2. The highest BCUT2D eigenvalue weighted by Gasteiger charge is 2.62. The van der Waals surface area contributed by atoms with E-state index in [0.717, 1.165) is 43.4 Å². The first-order valence-corrected chi connectivity index (χ1v) is 15.3. The Hall–Kier alpha value is -2.02. The SMILES string of the molecule is O=C1OC(=O)C2C1CC1C(=O)OC(=O)C1C2COC1CCC(/C=C/C2CCC(C3CCCCC3)CC2)CC1. The van der Waals surface area contributed by atoms with Gasteiger partial charge in [-0.2, -0.15) is 0 Å². The van der Waals surface area contributed by atoms with Gasteiger partial charge in [0.1, 0.15) is 0 Å². The van der Waals surface area contributed by atoms with E-state index in [-0.39, 0.29) is 19.1 Å². The summed E-state index contributed by atoms with van der Waals surface area (Å²) in [5, 5.41) is 0. The van der Waals surface area contributed by atoms with E-state index >= 15 is 0 Å². The zero-order chi connectivity index (χ0) is 26.2. The molecular weight excluding hydrogens is 484 g/mol. The molecule has 38 heavy (non-hydrogen) atoms. The second-order valence-electron chi connectivity index (χ2n) is 13.0. The van der Waals surface area contributed by atoms with Crippen LogP contribution in [0.15, 0.2) is 12.2 Å². The number of esters is 4. The van der Waals surface area contributed by atoms with Crippen LogP contribution in [0.1, 0.15) is 89.9 Å². The van der Waals surface area contributed by atoms with Crippen LogP contribution >= 0.6 is 0 Å². The van der Waals surface area contributed by atoms with Gasteiger partial charge in [-0.3, -0.25) is 19.2 Å². The summed E-state index contributed by atoms with van der Waals surface area (Å²) in [5.41, 5.74) is 0. The molecule has 6 fully saturated rings. The molecule has 4 unspecified atom stereocenters. The van der Waals surface area contributed by atoms with Crippen molar-refractivity contribution in [1.82, 2.24) is 0 Å². The van der Waals surface area contributed by atoms with E-state index in [1.54, 1.807) is 0 Å². The van der Waals surface area contributed by atoms with E-state index in [4.69, 9.17) is 14.2 Å². The fourth-order valence-corrected chi connectivity index (χ4v) is 8.67. The number of hydrogen-bond donors (Lipinski definition) is 0. The summed E-state index contributed by atoms with van der Waals surface area (Å²) in [6.45, 7) is 0.169. The standard InChI is InChI=1S/C31H42O7/c32-28-23-16-24-27(31(35)38-29(24)33)25(26(23)30(34)37-28)17-36-22-14-10-19(11-15-22)7-6-18-8-12-21(13-9-18)20-4-2-1-3-5-20/h6-7,18-27H,1-5,8-17H2/b7-6+. The summed E-state index contributed by atoms with van der Waals surface area (Å²) in [4.78, 5) is 49.4. The molecule has 0 aromatic carbocycles. The molecular formula is C31H42O7. The van der Waals surface area contributed by atoms with Crippen molar-refractivity contribution < 1.29 is 33.4 Å². The van der Waals surface area contributed by atoms with Crippen LogP contribution in [-0.2, 0) is 33.4 Å². The van der Waals surface area contributed by atoms with Crippen molar-refractivity contribution in [2.75, 3.05) is 6.61 Å². The summed E-state index contributed by atoms with van der Waals surface area (Å²) >= 11 is 0. The van der Waals surface area contributed by atoms with Gasteiger partial charge in [0.2, 0.25) is 0 Å². The van der Waals surface area contributed by atoms with Gasteiger partial charge < -0.3 is 14.2 Å². The molecule has 2 aliphatic heterocycles. The minimum atomic E-state index is -0.727. The van der Waals surface area contributed by atoms with Gasteiger partial charge in [0.05, 0.1) is 36.4 Å². The predicted octanol–water partition coefficient (Wildman–Crippen LogP) is 5.16. The van der Waals surface area contributed by atoms with Gasteiger partial charge in [-0.05, 0) is 81.5 Å². The molecule has 4 aliphatic carbocycles. The fourth-order valence-electron chi connectivity index (χ4n) is 8.67. The number of carbonyl (C=O) groups is 4. The van der Waals surface area contributed by atoms with Crippen molar-refractivity contribution in [2.24, 2.45) is 53.3 Å². The fraction of sp³-hybridized carbons (Fsp3) is 0.806. The van der Waals surface area contributed by atoms with Gasteiger partial charge in [-0.1, -0.05) is 44.3 Å². The Morgan fingerprint density at radius 3 is 1.66 bits per heavy atom. The molecule has 0 bridgehead atoms. The van der Waals surface area contributed by atoms with E-state index < -0.39 is 53.5 Å². The zero-order valence-corrected chi connectivity index (χ0v) is 22.4. The summed E-state index contributed by atoms with van der Waals surface area (Å²) in [7, 11) is 0. The van der Waals surface area contributed by atoms with Crippen LogP contribution in [-0.4, -0.2) is 36.6 Å². The largest absolute Gasteiger partial charge is 0.393 e. The molecule has 0 aromatic heterocycles. The molecule has 0 radical (unpaired) electrons. The number of carbonyl (C=O) groups excluding carboxylic acids is 4. The summed E-state index contributed by atoms with van der Waals surface area (Å²) in [5.74, 6) is -2.48. The molecule has 7 heteroatoms. The van der Waals surface area contributed by atoms with E-state index in [9.17, 15) is 19.2 Å². The van der Waals surface area contributed by atoms with Crippen molar-refractivity contribution in [3.05, 3.63) is 12.2 Å². The molecule has 6 aliphatic rings. The van der Waals surface area contributed by atoms with E-state index in [0.29, 0.717) is 5.92 Å². The molecule has 4 saturated carbocycles. The molecule has 208 valence electrons. The van der Waals surface area contributed by atoms with Gasteiger partial charge in [0.25, 0.3) is 0 Å². The van der Waals surface area contributed by atoms with Gasteiger partial charge >= 0.3 is 23.9 Å². The lowest BCUT2D eigenvalue weighted by molar-refractivity contribution is -0.155. The average molecular weight is 527 g/mol. The molecule has 6 rings (SSSR count). The lowest BCUT2D eigenvalue weighted by atomic mass is 9.63. The van der Waals surface area contributed by atoms with Crippen molar-refractivity contribution in [2.45, 2.75) is 96.0 Å². The molecule has 0 aromatic rings. The Labute approximate surface area is 225 Å². The zero-order valence-electron chi connectivity index (χ0n) is 22.4. The maximum atomic E-state index is 12.5. The smallest absolute Gasteiger partial charge is 0.317 e. The summed E-state index contributed by atoms with van der Waals surface area (Å²) in [6, 6.07) is 0. The minimum absolute atomic E-state index is 0.0608. The summed E-state index contributed by atoms with van der Waals surface area (Å²) < 4.78 is 16.0. The van der Waals surface area contributed by atoms with E-state index in [2.05, 4.69) is 12.2 Å². The molecule has 7 nitrogen and oxygen atoms in total.